The van der Waals surface area contributed by atoms with Gasteiger partial charge in [0.1, 0.15) is 6.61 Å². The van der Waals surface area contributed by atoms with Crippen LogP contribution in [-0.4, -0.2) is 37.6 Å². The zero-order valence-corrected chi connectivity index (χ0v) is 14.7. The minimum atomic E-state index is -0.0328. The van der Waals surface area contributed by atoms with Gasteiger partial charge in [0.05, 0.1) is 6.10 Å². The lowest BCUT2D eigenvalue weighted by Crippen LogP contribution is -2.29. The molecule has 5 nitrogen and oxygen atoms in total. The molecule has 0 saturated carbocycles. The Morgan fingerprint density at radius 3 is 1.82 bits per heavy atom. The van der Waals surface area contributed by atoms with Crippen molar-refractivity contribution in [3.63, 3.8) is 0 Å². The van der Waals surface area contributed by atoms with Crippen molar-refractivity contribution < 1.29 is 14.3 Å². The molecule has 2 amide bonds. The van der Waals surface area contributed by atoms with Gasteiger partial charge in [0.2, 0.25) is 11.8 Å². The van der Waals surface area contributed by atoms with Gasteiger partial charge >= 0.3 is 0 Å². The molecule has 0 bridgehead atoms. The Morgan fingerprint density at radius 1 is 0.818 bits per heavy atom. The van der Waals surface area contributed by atoms with Crippen molar-refractivity contribution in [3.8, 4) is 0 Å². The summed E-state index contributed by atoms with van der Waals surface area (Å²) in [7, 11) is 0. The van der Waals surface area contributed by atoms with E-state index in [0.717, 1.165) is 38.8 Å². The van der Waals surface area contributed by atoms with Crippen molar-refractivity contribution in [2.24, 2.45) is 5.92 Å². The first-order valence-corrected chi connectivity index (χ1v) is 8.59. The molecular weight excluding hydrogens is 280 g/mol. The summed E-state index contributed by atoms with van der Waals surface area (Å²) >= 11 is 0. The third kappa shape index (κ3) is 13.9. The summed E-state index contributed by atoms with van der Waals surface area (Å²) in [5.41, 5.74) is 0. The van der Waals surface area contributed by atoms with Crippen LogP contribution in [0, 0.1) is 5.92 Å². The third-order valence-electron chi connectivity index (χ3n) is 3.30. The van der Waals surface area contributed by atoms with E-state index in [-0.39, 0.29) is 30.4 Å². The summed E-state index contributed by atoms with van der Waals surface area (Å²) in [5.74, 6) is 0.174. The summed E-state index contributed by atoms with van der Waals surface area (Å²) in [4.78, 5) is 22.7. The Bertz CT molecular complexity index is 304. The lowest BCUT2D eigenvalue weighted by Gasteiger charge is -2.08. The Morgan fingerprint density at radius 2 is 1.32 bits per heavy atom. The number of carbonyl (C=O) groups excluding carboxylic acids is 2. The van der Waals surface area contributed by atoms with Crippen molar-refractivity contribution >= 4 is 11.8 Å². The summed E-state index contributed by atoms with van der Waals surface area (Å²) in [5, 5.41) is 5.79. The van der Waals surface area contributed by atoms with Gasteiger partial charge in [-0.3, -0.25) is 9.59 Å². The molecule has 2 N–H and O–H groups in total. The van der Waals surface area contributed by atoms with Crippen LogP contribution in [0.2, 0.25) is 0 Å². The molecule has 0 rings (SSSR count). The van der Waals surface area contributed by atoms with Gasteiger partial charge < -0.3 is 15.4 Å². The molecular formula is C17H34N2O3. The number of hydrogen-bond donors (Lipinski definition) is 2. The molecule has 0 aromatic rings. The van der Waals surface area contributed by atoms with E-state index in [4.69, 9.17) is 4.74 Å². The van der Waals surface area contributed by atoms with E-state index in [1.165, 1.54) is 12.8 Å². The van der Waals surface area contributed by atoms with Crippen LogP contribution in [0.4, 0.5) is 0 Å². The number of nitrogens with one attached hydrogen (secondary N) is 2. The van der Waals surface area contributed by atoms with Crippen LogP contribution < -0.4 is 10.6 Å². The number of unbranched alkanes of at least 4 members (excludes halogenated alkanes) is 5. The van der Waals surface area contributed by atoms with Crippen molar-refractivity contribution in [1.82, 2.24) is 10.6 Å². The lowest BCUT2D eigenvalue weighted by atomic mass is 10.1. The van der Waals surface area contributed by atoms with E-state index in [1.54, 1.807) is 0 Å². The van der Waals surface area contributed by atoms with E-state index in [1.807, 2.05) is 27.7 Å². The Balaban J connectivity index is 3.24. The third-order valence-corrected chi connectivity index (χ3v) is 3.30. The van der Waals surface area contributed by atoms with Gasteiger partial charge in [-0.25, -0.2) is 0 Å². The number of ether oxygens (including phenoxy) is 1. The fourth-order valence-corrected chi connectivity index (χ4v) is 1.89. The fraction of sp³-hybridized carbons (Fsp3) is 0.882. The minimum absolute atomic E-state index is 0.0328. The van der Waals surface area contributed by atoms with Gasteiger partial charge in [0.15, 0.2) is 0 Å². The normalized spacial score (nSPS) is 11.0. The number of carbonyl (C=O) groups is 2. The fourth-order valence-electron chi connectivity index (χ4n) is 1.89. The molecule has 0 aliphatic heterocycles. The molecule has 0 radical (unpaired) electrons. The molecule has 0 unspecified atom stereocenters. The largest absolute Gasteiger partial charge is 0.369 e. The Labute approximate surface area is 135 Å². The second kappa shape index (κ2) is 13.6. The zero-order chi connectivity index (χ0) is 16.8. The average Bonchev–Trinajstić information content (AvgIpc) is 2.46. The maximum absolute atomic E-state index is 11.4. The van der Waals surface area contributed by atoms with Gasteiger partial charge in [-0.2, -0.15) is 0 Å². The highest BCUT2D eigenvalue weighted by atomic mass is 16.5. The van der Waals surface area contributed by atoms with E-state index in [2.05, 4.69) is 10.6 Å². The molecule has 0 fully saturated rings. The number of rotatable bonds is 13. The predicted molar refractivity (Wildman–Crippen MR) is 89.6 cm³/mol. The summed E-state index contributed by atoms with van der Waals surface area (Å²) in [6.45, 7) is 9.31. The van der Waals surface area contributed by atoms with Gasteiger partial charge in [0.25, 0.3) is 0 Å². The van der Waals surface area contributed by atoms with Crippen molar-refractivity contribution in [1.29, 1.82) is 0 Å². The van der Waals surface area contributed by atoms with Crippen LogP contribution in [0.1, 0.15) is 66.2 Å². The van der Waals surface area contributed by atoms with Gasteiger partial charge in [-0.05, 0) is 26.7 Å². The first-order valence-electron chi connectivity index (χ1n) is 8.59. The Hall–Kier alpha value is -1.10. The highest BCUT2D eigenvalue weighted by Gasteiger charge is 2.04. The molecule has 0 aromatic carbocycles. The highest BCUT2D eigenvalue weighted by Crippen LogP contribution is 2.04. The molecule has 0 heterocycles. The SMILES string of the molecule is CC(C)OCC(=O)NCCCCCCCCNC(=O)C(C)C. The van der Waals surface area contributed by atoms with Gasteiger partial charge in [-0.15, -0.1) is 0 Å². The monoisotopic (exact) mass is 314 g/mol. The molecule has 130 valence electrons. The zero-order valence-electron chi connectivity index (χ0n) is 14.7. The quantitative estimate of drug-likeness (QED) is 0.514. The lowest BCUT2D eigenvalue weighted by molar-refractivity contribution is -0.127. The van der Waals surface area contributed by atoms with Crippen LogP contribution in [0.15, 0.2) is 0 Å². The minimum Gasteiger partial charge on any atom is -0.369 e. The molecule has 0 aromatic heterocycles. The summed E-state index contributed by atoms with van der Waals surface area (Å²) in [6, 6.07) is 0. The smallest absolute Gasteiger partial charge is 0.246 e. The van der Waals surface area contributed by atoms with E-state index in [0.29, 0.717) is 0 Å². The van der Waals surface area contributed by atoms with Crippen LogP contribution >= 0.6 is 0 Å². The van der Waals surface area contributed by atoms with Crippen LogP contribution in [-0.2, 0) is 14.3 Å². The maximum Gasteiger partial charge on any atom is 0.246 e. The molecule has 0 saturated heterocycles. The van der Waals surface area contributed by atoms with Crippen LogP contribution in [0.25, 0.3) is 0 Å². The second-order valence-corrected chi connectivity index (χ2v) is 6.28. The molecule has 22 heavy (non-hydrogen) atoms. The average molecular weight is 314 g/mol. The molecule has 0 atom stereocenters. The van der Waals surface area contributed by atoms with Crippen molar-refractivity contribution in [2.75, 3.05) is 19.7 Å². The maximum atomic E-state index is 11.4. The van der Waals surface area contributed by atoms with Crippen LogP contribution in [0.3, 0.4) is 0 Å². The van der Waals surface area contributed by atoms with Gasteiger partial charge in [-0.1, -0.05) is 39.5 Å². The first kappa shape index (κ1) is 20.9. The molecule has 5 heteroatoms. The van der Waals surface area contributed by atoms with Crippen molar-refractivity contribution in [2.45, 2.75) is 72.3 Å². The molecule has 0 aliphatic rings. The van der Waals surface area contributed by atoms with E-state index in [9.17, 15) is 9.59 Å². The molecule has 0 aliphatic carbocycles. The van der Waals surface area contributed by atoms with E-state index < -0.39 is 0 Å². The van der Waals surface area contributed by atoms with Crippen molar-refractivity contribution in [3.05, 3.63) is 0 Å². The summed E-state index contributed by atoms with van der Waals surface area (Å²) < 4.78 is 5.23. The summed E-state index contributed by atoms with van der Waals surface area (Å²) in [6.07, 6.45) is 6.78. The Kier molecular flexibility index (Phi) is 12.9. The predicted octanol–water partition coefficient (Wildman–Crippen LogP) is 2.64. The second-order valence-electron chi connectivity index (χ2n) is 6.28. The number of hydrogen-bond acceptors (Lipinski definition) is 3. The number of amides is 2. The standard InChI is InChI=1S/C17H34N2O3/c1-14(2)17(21)19-12-10-8-6-5-7-9-11-18-16(20)13-22-15(3)4/h14-15H,5-13H2,1-4H3,(H,18,20)(H,19,21). The topological polar surface area (TPSA) is 67.4 Å². The molecule has 0 spiro atoms. The van der Waals surface area contributed by atoms with E-state index >= 15 is 0 Å². The van der Waals surface area contributed by atoms with Crippen LogP contribution in [0.5, 0.6) is 0 Å². The highest BCUT2D eigenvalue weighted by molar-refractivity contribution is 5.77. The first-order chi connectivity index (χ1) is 10.4. The van der Waals surface area contributed by atoms with Gasteiger partial charge in [0, 0.05) is 19.0 Å².